The van der Waals surface area contributed by atoms with E-state index in [4.69, 9.17) is 9.94 Å². The quantitative estimate of drug-likeness (QED) is 0.915. The topological polar surface area (TPSA) is 68.5 Å². The van der Waals surface area contributed by atoms with E-state index in [1.807, 2.05) is 0 Å². The summed E-state index contributed by atoms with van der Waals surface area (Å²) >= 11 is 0. The molecule has 1 aliphatic carbocycles. The van der Waals surface area contributed by atoms with Gasteiger partial charge in [0.15, 0.2) is 0 Å². The summed E-state index contributed by atoms with van der Waals surface area (Å²) in [6.45, 7) is 3.93. The van der Waals surface area contributed by atoms with Crippen molar-refractivity contribution in [2.24, 2.45) is 5.16 Å². The normalized spacial score (nSPS) is 23.3. The molecule has 1 unspecified atom stereocenters. The average Bonchev–Trinajstić information content (AvgIpc) is 3.38. The van der Waals surface area contributed by atoms with Crippen LogP contribution in [0.4, 0.5) is 0 Å². The molecule has 1 fully saturated rings. The number of hydrogen-bond acceptors (Lipinski definition) is 4. The van der Waals surface area contributed by atoms with Crippen LogP contribution < -0.4 is 5.32 Å². The van der Waals surface area contributed by atoms with Crippen molar-refractivity contribution in [3.05, 3.63) is 29.5 Å². The molecule has 1 aromatic carbocycles. The fraction of sp³-hybridized carbons (Fsp3) is 0.550. The number of nitrogens with zero attached hydrogens (tertiary/aromatic N) is 3. The maximum absolute atomic E-state index is 12.1. The van der Waals surface area contributed by atoms with Crippen LogP contribution in [0.15, 0.2) is 23.4 Å². The Morgan fingerprint density at radius 3 is 2.85 bits per heavy atom. The molecular weight excluding hydrogens is 328 g/mol. The molecule has 0 spiro atoms. The molecule has 1 N–H and O–H groups in total. The third kappa shape index (κ3) is 2.68. The molecular formula is C20H26N4O2. The van der Waals surface area contributed by atoms with E-state index in [9.17, 15) is 4.79 Å². The Balaban J connectivity index is 1.71. The van der Waals surface area contributed by atoms with Crippen LogP contribution in [0.5, 0.6) is 0 Å². The van der Waals surface area contributed by atoms with E-state index in [0.717, 1.165) is 23.4 Å². The fourth-order valence-electron chi connectivity index (χ4n) is 4.15. The first-order chi connectivity index (χ1) is 12.6. The second kappa shape index (κ2) is 6.41. The second-order valence-corrected chi connectivity index (χ2v) is 7.53. The van der Waals surface area contributed by atoms with E-state index in [2.05, 4.69) is 40.3 Å². The minimum atomic E-state index is -0.931. The zero-order valence-corrected chi connectivity index (χ0v) is 15.7. The summed E-state index contributed by atoms with van der Waals surface area (Å²) in [5.74, 6) is -0.151. The number of benzene rings is 1. The maximum Gasteiger partial charge on any atom is 0.266 e. The van der Waals surface area contributed by atoms with Gasteiger partial charge in [0.1, 0.15) is 0 Å². The summed E-state index contributed by atoms with van der Waals surface area (Å²) < 4.78 is 2.22. The van der Waals surface area contributed by atoms with Gasteiger partial charge in [0.2, 0.25) is 5.60 Å². The molecule has 2 aromatic rings. The van der Waals surface area contributed by atoms with Crippen molar-refractivity contribution in [1.82, 2.24) is 15.1 Å². The van der Waals surface area contributed by atoms with Crippen LogP contribution in [0.3, 0.4) is 0 Å². The molecule has 1 atom stereocenters. The highest BCUT2D eigenvalue weighted by atomic mass is 16.7. The lowest BCUT2D eigenvalue weighted by atomic mass is 9.94. The van der Waals surface area contributed by atoms with E-state index in [1.54, 1.807) is 14.0 Å². The minimum Gasteiger partial charge on any atom is -0.379 e. The van der Waals surface area contributed by atoms with Crippen LogP contribution in [0.1, 0.15) is 63.3 Å². The molecule has 1 aromatic heterocycles. The maximum atomic E-state index is 12.1. The SMILES string of the molecule is CCc1nn(C2CCCC2)c2cc(C3=NOC(C)(C(=O)NC)C3)ccc12. The van der Waals surface area contributed by atoms with Crippen molar-refractivity contribution in [1.29, 1.82) is 0 Å². The van der Waals surface area contributed by atoms with Gasteiger partial charge in [-0.15, -0.1) is 0 Å². The summed E-state index contributed by atoms with van der Waals surface area (Å²) in [6.07, 6.45) is 6.34. The highest BCUT2D eigenvalue weighted by Gasteiger charge is 2.41. The molecule has 6 nitrogen and oxygen atoms in total. The van der Waals surface area contributed by atoms with Gasteiger partial charge in [0.25, 0.3) is 5.91 Å². The highest BCUT2D eigenvalue weighted by Crippen LogP contribution is 2.34. The van der Waals surface area contributed by atoms with E-state index in [1.165, 1.54) is 36.6 Å². The van der Waals surface area contributed by atoms with E-state index < -0.39 is 5.60 Å². The number of aryl methyl sites for hydroxylation is 1. The summed E-state index contributed by atoms with van der Waals surface area (Å²) in [7, 11) is 1.62. The third-order valence-corrected chi connectivity index (χ3v) is 5.69. The number of amides is 1. The van der Waals surface area contributed by atoms with E-state index in [0.29, 0.717) is 12.5 Å². The molecule has 1 aliphatic heterocycles. The molecule has 2 aliphatic rings. The number of fused-ring (bicyclic) bond motifs is 1. The molecule has 138 valence electrons. The van der Waals surface area contributed by atoms with E-state index >= 15 is 0 Å². The number of rotatable bonds is 4. The van der Waals surface area contributed by atoms with Gasteiger partial charge in [-0.25, -0.2) is 0 Å². The highest BCUT2D eigenvalue weighted by molar-refractivity contribution is 6.07. The first-order valence-electron chi connectivity index (χ1n) is 9.54. The lowest BCUT2D eigenvalue weighted by molar-refractivity contribution is -0.141. The van der Waals surface area contributed by atoms with Gasteiger partial charge >= 0.3 is 0 Å². The van der Waals surface area contributed by atoms with Crippen molar-refractivity contribution >= 4 is 22.5 Å². The van der Waals surface area contributed by atoms with Crippen LogP contribution in [0.25, 0.3) is 10.9 Å². The molecule has 0 saturated heterocycles. The van der Waals surface area contributed by atoms with Crippen LogP contribution in [-0.4, -0.2) is 34.0 Å². The molecule has 0 radical (unpaired) electrons. The standard InChI is InChI=1S/C20H26N4O2/c1-4-16-15-10-9-13(17-12-20(2,26-23-17)19(25)21-3)11-18(15)24(22-16)14-7-5-6-8-14/h9-11,14H,4-8,12H2,1-3H3,(H,21,25). The number of hydrogen-bond donors (Lipinski definition) is 1. The monoisotopic (exact) mass is 354 g/mol. The Morgan fingerprint density at radius 2 is 2.15 bits per heavy atom. The van der Waals surface area contributed by atoms with Crippen LogP contribution in [0.2, 0.25) is 0 Å². The number of likely N-dealkylation sites (N-methyl/N-ethyl adjacent to an activating group) is 1. The van der Waals surface area contributed by atoms with Crippen molar-refractivity contribution in [3.63, 3.8) is 0 Å². The average molecular weight is 354 g/mol. The summed E-state index contributed by atoms with van der Waals surface area (Å²) in [5.41, 5.74) is 3.21. The Kier molecular flexibility index (Phi) is 4.21. The van der Waals surface area contributed by atoms with Gasteiger partial charge in [-0.05, 0) is 32.3 Å². The Bertz CT molecular complexity index is 879. The molecule has 4 rings (SSSR count). The Hall–Kier alpha value is -2.37. The second-order valence-electron chi connectivity index (χ2n) is 7.53. The van der Waals surface area contributed by atoms with Gasteiger partial charge in [-0.2, -0.15) is 5.10 Å². The molecule has 6 heteroatoms. The zero-order valence-electron chi connectivity index (χ0n) is 15.7. The molecule has 1 saturated carbocycles. The van der Waals surface area contributed by atoms with Crippen LogP contribution in [-0.2, 0) is 16.1 Å². The van der Waals surface area contributed by atoms with Crippen molar-refractivity contribution in [2.75, 3.05) is 7.05 Å². The number of nitrogens with one attached hydrogen (secondary N) is 1. The minimum absolute atomic E-state index is 0.151. The number of carbonyl (C=O) groups is 1. The van der Waals surface area contributed by atoms with Gasteiger partial charge in [-0.3, -0.25) is 9.48 Å². The van der Waals surface area contributed by atoms with Gasteiger partial charge in [-0.1, -0.05) is 37.1 Å². The zero-order chi connectivity index (χ0) is 18.3. The lowest BCUT2D eigenvalue weighted by Crippen LogP contribution is -2.43. The van der Waals surface area contributed by atoms with Gasteiger partial charge < -0.3 is 10.2 Å². The van der Waals surface area contributed by atoms with Crippen molar-refractivity contribution < 1.29 is 9.63 Å². The summed E-state index contributed by atoms with van der Waals surface area (Å²) in [4.78, 5) is 17.6. The summed E-state index contributed by atoms with van der Waals surface area (Å²) in [5, 5.41) is 13.0. The molecule has 26 heavy (non-hydrogen) atoms. The largest absolute Gasteiger partial charge is 0.379 e. The summed E-state index contributed by atoms with van der Waals surface area (Å²) in [6, 6.07) is 6.86. The Labute approximate surface area is 153 Å². The first kappa shape index (κ1) is 17.1. The lowest BCUT2D eigenvalue weighted by Gasteiger charge is -2.18. The molecule has 1 amide bonds. The van der Waals surface area contributed by atoms with Crippen molar-refractivity contribution in [2.45, 2.75) is 64.0 Å². The molecule has 0 bridgehead atoms. The van der Waals surface area contributed by atoms with Crippen LogP contribution >= 0.6 is 0 Å². The first-order valence-corrected chi connectivity index (χ1v) is 9.54. The predicted molar refractivity (Wildman–Crippen MR) is 101 cm³/mol. The third-order valence-electron chi connectivity index (χ3n) is 5.69. The number of aromatic nitrogens is 2. The predicted octanol–water partition coefficient (Wildman–Crippen LogP) is 3.34. The van der Waals surface area contributed by atoms with E-state index in [-0.39, 0.29) is 5.91 Å². The fourth-order valence-corrected chi connectivity index (χ4v) is 4.15. The van der Waals surface area contributed by atoms with Gasteiger partial charge in [0, 0.05) is 24.4 Å². The smallest absolute Gasteiger partial charge is 0.266 e. The Morgan fingerprint density at radius 1 is 1.38 bits per heavy atom. The van der Waals surface area contributed by atoms with Gasteiger partial charge in [0.05, 0.1) is 23.0 Å². The van der Waals surface area contributed by atoms with Crippen LogP contribution in [0, 0.1) is 0 Å². The molecule has 2 heterocycles. The number of oxime groups is 1. The number of carbonyl (C=O) groups excluding carboxylic acids is 1. The van der Waals surface area contributed by atoms with Crippen molar-refractivity contribution in [3.8, 4) is 0 Å².